The van der Waals surface area contributed by atoms with Crippen molar-refractivity contribution in [3.8, 4) is 0 Å². The molecule has 0 spiro atoms. The van der Waals surface area contributed by atoms with Gasteiger partial charge in [-0.15, -0.1) is 0 Å². The molecule has 1 aromatic carbocycles. The Labute approximate surface area is 110 Å². The van der Waals surface area contributed by atoms with Crippen LogP contribution in [0.25, 0.3) is 0 Å². The average molecular weight is 248 g/mol. The van der Waals surface area contributed by atoms with Gasteiger partial charge in [0.2, 0.25) is 5.91 Å². The summed E-state index contributed by atoms with van der Waals surface area (Å²) in [5.41, 5.74) is 5.98. The van der Waals surface area contributed by atoms with E-state index in [9.17, 15) is 4.79 Å². The van der Waals surface area contributed by atoms with Crippen molar-refractivity contribution in [1.29, 1.82) is 0 Å². The Bertz CT molecular complexity index is 404. The number of hydrogen-bond donors (Lipinski definition) is 2. The van der Waals surface area contributed by atoms with E-state index in [0.29, 0.717) is 0 Å². The second-order valence-electron chi connectivity index (χ2n) is 5.95. The van der Waals surface area contributed by atoms with Crippen LogP contribution in [0.15, 0.2) is 30.3 Å². The highest BCUT2D eigenvalue weighted by molar-refractivity contribution is 5.83. The van der Waals surface area contributed by atoms with Crippen molar-refractivity contribution in [2.24, 2.45) is 11.1 Å². The lowest BCUT2D eigenvalue weighted by molar-refractivity contribution is -0.132. The number of nitrogens with two attached hydrogens (primary N) is 1. The van der Waals surface area contributed by atoms with Gasteiger partial charge in [-0.1, -0.05) is 30.3 Å². The van der Waals surface area contributed by atoms with Crippen molar-refractivity contribution in [2.75, 3.05) is 0 Å². The molecule has 3 heteroatoms. The van der Waals surface area contributed by atoms with Crippen molar-refractivity contribution in [3.05, 3.63) is 35.9 Å². The Balaban J connectivity index is 2.78. The molecule has 1 amide bonds. The Morgan fingerprint density at radius 1 is 1.17 bits per heavy atom. The highest BCUT2D eigenvalue weighted by Gasteiger charge is 2.40. The maximum absolute atomic E-state index is 12.3. The van der Waals surface area contributed by atoms with Crippen LogP contribution in [0.2, 0.25) is 0 Å². The van der Waals surface area contributed by atoms with Crippen molar-refractivity contribution < 1.29 is 4.79 Å². The summed E-state index contributed by atoms with van der Waals surface area (Å²) in [6.45, 7) is 9.48. The molecule has 0 bridgehead atoms. The molecular formula is C15H24N2O. The van der Waals surface area contributed by atoms with Crippen molar-refractivity contribution in [3.63, 3.8) is 0 Å². The number of amides is 1. The minimum atomic E-state index is -0.615. The van der Waals surface area contributed by atoms with E-state index < -0.39 is 11.0 Å². The first-order chi connectivity index (χ1) is 8.16. The summed E-state index contributed by atoms with van der Waals surface area (Å²) < 4.78 is 0. The largest absolute Gasteiger partial charge is 0.349 e. The molecule has 3 nitrogen and oxygen atoms in total. The molecule has 3 N–H and O–H groups in total. The van der Waals surface area contributed by atoms with E-state index in [-0.39, 0.29) is 11.9 Å². The Kier molecular flexibility index (Phi) is 4.17. The van der Waals surface area contributed by atoms with E-state index in [1.54, 1.807) is 0 Å². The van der Waals surface area contributed by atoms with Gasteiger partial charge in [0, 0.05) is 5.54 Å². The summed E-state index contributed by atoms with van der Waals surface area (Å²) in [5.74, 6) is -0.0219. The van der Waals surface area contributed by atoms with Crippen LogP contribution in [0, 0.1) is 5.41 Å². The topological polar surface area (TPSA) is 55.1 Å². The molecule has 0 aliphatic rings. The number of benzene rings is 1. The fourth-order valence-corrected chi connectivity index (χ4v) is 1.49. The fraction of sp³-hybridized carbons (Fsp3) is 0.533. The third kappa shape index (κ3) is 3.10. The number of hydrogen-bond acceptors (Lipinski definition) is 2. The summed E-state index contributed by atoms with van der Waals surface area (Å²) >= 11 is 0. The second-order valence-corrected chi connectivity index (χ2v) is 5.95. The minimum absolute atomic E-state index is 0.0136. The van der Waals surface area contributed by atoms with Gasteiger partial charge in [-0.25, -0.2) is 0 Å². The molecule has 1 unspecified atom stereocenters. The van der Waals surface area contributed by atoms with E-state index in [1.807, 2.05) is 65.0 Å². The number of rotatable bonds is 4. The van der Waals surface area contributed by atoms with Crippen LogP contribution in [0.5, 0.6) is 0 Å². The van der Waals surface area contributed by atoms with Crippen LogP contribution in [0.1, 0.15) is 46.2 Å². The number of carbonyl (C=O) groups excluding carboxylic acids is 1. The molecule has 1 aromatic rings. The zero-order valence-corrected chi connectivity index (χ0v) is 11.9. The van der Waals surface area contributed by atoms with Crippen LogP contribution < -0.4 is 11.1 Å². The zero-order chi connectivity index (χ0) is 14.0. The molecule has 18 heavy (non-hydrogen) atoms. The normalized spacial score (nSPS) is 14.1. The molecule has 1 rings (SSSR count). The van der Waals surface area contributed by atoms with E-state index in [4.69, 9.17) is 5.73 Å². The quantitative estimate of drug-likeness (QED) is 0.860. The summed E-state index contributed by atoms with van der Waals surface area (Å²) in [6.07, 6.45) is 0. The minimum Gasteiger partial charge on any atom is -0.349 e. The third-order valence-corrected chi connectivity index (χ3v) is 3.83. The van der Waals surface area contributed by atoms with Gasteiger partial charge in [-0.3, -0.25) is 4.79 Å². The van der Waals surface area contributed by atoms with Crippen LogP contribution >= 0.6 is 0 Å². The number of nitrogens with one attached hydrogen (secondary N) is 1. The first-order valence-corrected chi connectivity index (χ1v) is 6.31. The molecule has 100 valence electrons. The molecule has 0 saturated carbocycles. The Hall–Kier alpha value is -1.35. The van der Waals surface area contributed by atoms with Gasteiger partial charge in [0.15, 0.2) is 0 Å². The summed E-state index contributed by atoms with van der Waals surface area (Å²) in [5, 5.41) is 3.02. The van der Waals surface area contributed by atoms with Crippen molar-refractivity contribution in [1.82, 2.24) is 5.32 Å². The lowest BCUT2D eigenvalue weighted by atomic mass is 9.74. The van der Waals surface area contributed by atoms with E-state index >= 15 is 0 Å². The van der Waals surface area contributed by atoms with Gasteiger partial charge >= 0.3 is 0 Å². The molecule has 1 atom stereocenters. The van der Waals surface area contributed by atoms with E-state index in [2.05, 4.69) is 5.32 Å². The summed E-state index contributed by atoms with van der Waals surface area (Å²) in [7, 11) is 0. The maximum atomic E-state index is 12.3. The maximum Gasteiger partial charge on any atom is 0.227 e. The van der Waals surface area contributed by atoms with Crippen LogP contribution in [0.4, 0.5) is 0 Å². The third-order valence-electron chi connectivity index (χ3n) is 3.83. The predicted octanol–water partition coefficient (Wildman–Crippen LogP) is 2.63. The molecule has 0 aliphatic heterocycles. The molecular weight excluding hydrogens is 224 g/mol. The highest BCUT2D eigenvalue weighted by Crippen LogP contribution is 2.29. The monoisotopic (exact) mass is 248 g/mol. The lowest BCUT2D eigenvalue weighted by Crippen LogP contribution is -2.55. The predicted molar refractivity (Wildman–Crippen MR) is 75.0 cm³/mol. The van der Waals surface area contributed by atoms with Gasteiger partial charge < -0.3 is 11.1 Å². The summed E-state index contributed by atoms with van der Waals surface area (Å²) in [6, 6.07) is 9.90. The Morgan fingerprint density at radius 3 is 2.11 bits per heavy atom. The molecule has 0 saturated heterocycles. The Morgan fingerprint density at radius 2 is 1.67 bits per heavy atom. The average Bonchev–Trinajstić information content (AvgIpc) is 2.28. The highest BCUT2D eigenvalue weighted by atomic mass is 16.2. The summed E-state index contributed by atoms with van der Waals surface area (Å²) in [4.78, 5) is 12.3. The molecule has 0 radical (unpaired) electrons. The smallest absolute Gasteiger partial charge is 0.227 e. The standard InChI is InChI=1S/C15H24N2O/c1-11(12-9-7-6-8-10-12)17-13(18)14(2,3)15(4,5)16/h6-11H,16H2,1-5H3,(H,17,18). The van der Waals surface area contributed by atoms with Crippen LogP contribution in [0.3, 0.4) is 0 Å². The van der Waals surface area contributed by atoms with Gasteiger partial charge in [0.05, 0.1) is 11.5 Å². The molecule has 0 heterocycles. The second kappa shape index (κ2) is 5.11. The van der Waals surface area contributed by atoms with Gasteiger partial charge in [0.1, 0.15) is 0 Å². The van der Waals surface area contributed by atoms with Crippen LogP contribution in [-0.4, -0.2) is 11.4 Å². The van der Waals surface area contributed by atoms with Gasteiger partial charge in [-0.05, 0) is 40.2 Å². The fourth-order valence-electron chi connectivity index (χ4n) is 1.49. The number of carbonyl (C=O) groups is 1. The van der Waals surface area contributed by atoms with Gasteiger partial charge in [0.25, 0.3) is 0 Å². The van der Waals surface area contributed by atoms with Crippen molar-refractivity contribution in [2.45, 2.75) is 46.2 Å². The lowest BCUT2D eigenvalue weighted by Gasteiger charge is -2.37. The van der Waals surface area contributed by atoms with Crippen LogP contribution in [-0.2, 0) is 4.79 Å². The SMILES string of the molecule is CC(NC(=O)C(C)(C)C(C)(C)N)c1ccccc1. The first kappa shape index (κ1) is 14.7. The van der Waals surface area contributed by atoms with Crippen molar-refractivity contribution >= 4 is 5.91 Å². The van der Waals surface area contributed by atoms with E-state index in [0.717, 1.165) is 5.56 Å². The van der Waals surface area contributed by atoms with E-state index in [1.165, 1.54) is 0 Å². The molecule has 0 fully saturated rings. The van der Waals surface area contributed by atoms with Gasteiger partial charge in [-0.2, -0.15) is 0 Å². The molecule has 0 aromatic heterocycles. The first-order valence-electron chi connectivity index (χ1n) is 6.31. The zero-order valence-electron chi connectivity index (χ0n) is 11.9. The molecule has 0 aliphatic carbocycles.